The molecule has 1 aromatic rings. The molecule has 0 spiro atoms. The van der Waals surface area contributed by atoms with E-state index in [1.54, 1.807) is 12.1 Å². The van der Waals surface area contributed by atoms with Crippen LogP contribution in [0, 0.1) is 5.92 Å². The number of hydrogen-bond donors (Lipinski definition) is 1. The molecule has 0 fully saturated rings. The second-order valence-electron chi connectivity index (χ2n) is 3.80. The second-order valence-corrected chi connectivity index (χ2v) is 4.19. The molecule has 0 aromatic carbocycles. The van der Waals surface area contributed by atoms with Crippen LogP contribution in [0.3, 0.4) is 0 Å². The van der Waals surface area contributed by atoms with Gasteiger partial charge in [-0.05, 0) is 31.4 Å². The minimum absolute atomic E-state index is 0.378. The lowest BCUT2D eigenvalue weighted by Crippen LogP contribution is -2.02. The van der Waals surface area contributed by atoms with E-state index >= 15 is 0 Å². The Balaban J connectivity index is 2.52. The van der Waals surface area contributed by atoms with E-state index in [9.17, 15) is 0 Å². The predicted molar refractivity (Wildman–Crippen MR) is 63.2 cm³/mol. The summed E-state index contributed by atoms with van der Waals surface area (Å²) in [7, 11) is 0. The third-order valence-electron chi connectivity index (χ3n) is 1.70. The molecule has 0 bridgehead atoms. The molecule has 5 heteroatoms. The molecule has 15 heavy (non-hydrogen) atoms. The Morgan fingerprint density at radius 2 is 2.20 bits per heavy atom. The van der Waals surface area contributed by atoms with Gasteiger partial charge in [-0.1, -0.05) is 25.4 Å². The molecule has 82 valence electrons. The van der Waals surface area contributed by atoms with Crippen LogP contribution in [0.1, 0.15) is 27.2 Å². The smallest absolute Gasteiger partial charge is 0.168 e. The molecule has 1 rings (SSSR count). The van der Waals surface area contributed by atoms with E-state index in [-0.39, 0.29) is 0 Å². The monoisotopic (exact) mass is 226 g/mol. The molecule has 0 aliphatic carbocycles. The van der Waals surface area contributed by atoms with Gasteiger partial charge >= 0.3 is 0 Å². The van der Waals surface area contributed by atoms with Gasteiger partial charge < -0.3 is 0 Å². The molecule has 1 heterocycles. The molecule has 4 nitrogen and oxygen atoms in total. The molecule has 1 aromatic heterocycles. The van der Waals surface area contributed by atoms with Crippen molar-refractivity contribution in [1.29, 1.82) is 0 Å². The predicted octanol–water partition coefficient (Wildman–Crippen LogP) is 2.96. The Labute approximate surface area is 94.7 Å². The summed E-state index contributed by atoms with van der Waals surface area (Å²) in [5.41, 5.74) is 3.88. The largest absolute Gasteiger partial charge is 0.260 e. The summed E-state index contributed by atoms with van der Waals surface area (Å²) < 4.78 is 0. The van der Waals surface area contributed by atoms with Crippen LogP contribution in [-0.4, -0.2) is 15.9 Å². The molecular formula is C10H15ClN4. The molecule has 0 saturated heterocycles. The number of aromatic nitrogens is 2. The zero-order chi connectivity index (χ0) is 11.3. The normalized spacial score (nSPS) is 11.9. The third kappa shape index (κ3) is 4.74. The highest BCUT2D eigenvalue weighted by molar-refractivity contribution is 6.29. The maximum Gasteiger partial charge on any atom is 0.168 e. The Morgan fingerprint density at radius 1 is 1.47 bits per heavy atom. The summed E-state index contributed by atoms with van der Waals surface area (Å²) in [6.07, 6.45) is 0.966. The summed E-state index contributed by atoms with van der Waals surface area (Å²) in [6, 6.07) is 3.41. The van der Waals surface area contributed by atoms with Gasteiger partial charge in [0.05, 0.1) is 0 Å². The van der Waals surface area contributed by atoms with E-state index in [2.05, 4.69) is 34.6 Å². The first-order chi connectivity index (χ1) is 7.08. The van der Waals surface area contributed by atoms with Crippen LogP contribution in [-0.2, 0) is 0 Å². The average molecular weight is 227 g/mol. The SMILES string of the molecule is C/C(CC(C)C)=N\Nc1ccc(Cl)nn1. The van der Waals surface area contributed by atoms with Gasteiger partial charge in [0.1, 0.15) is 0 Å². The van der Waals surface area contributed by atoms with Crippen LogP contribution >= 0.6 is 11.6 Å². The summed E-state index contributed by atoms with van der Waals surface area (Å²) in [5, 5.41) is 12.1. The van der Waals surface area contributed by atoms with Crippen molar-refractivity contribution < 1.29 is 0 Å². The molecule has 1 N–H and O–H groups in total. The van der Waals surface area contributed by atoms with Crippen LogP contribution < -0.4 is 5.43 Å². The van der Waals surface area contributed by atoms with Gasteiger partial charge in [0, 0.05) is 5.71 Å². The van der Waals surface area contributed by atoms with Gasteiger partial charge in [-0.25, -0.2) is 0 Å². The van der Waals surface area contributed by atoms with Crippen LogP contribution in [0.15, 0.2) is 17.2 Å². The van der Waals surface area contributed by atoms with Crippen molar-refractivity contribution in [3.8, 4) is 0 Å². The number of rotatable bonds is 4. The Hall–Kier alpha value is -1.16. The van der Waals surface area contributed by atoms with Gasteiger partial charge in [0.2, 0.25) is 0 Å². The molecule has 0 aliphatic heterocycles. The minimum atomic E-state index is 0.378. The molecular weight excluding hydrogens is 212 g/mol. The van der Waals surface area contributed by atoms with Crippen LogP contribution in [0.2, 0.25) is 5.15 Å². The molecule has 0 aliphatic rings. The fraction of sp³-hybridized carbons (Fsp3) is 0.500. The summed E-state index contributed by atoms with van der Waals surface area (Å²) in [4.78, 5) is 0. The van der Waals surface area contributed by atoms with Crippen molar-refractivity contribution >= 4 is 23.1 Å². The first-order valence-corrected chi connectivity index (χ1v) is 5.24. The Morgan fingerprint density at radius 3 is 2.73 bits per heavy atom. The van der Waals surface area contributed by atoms with Gasteiger partial charge in [-0.3, -0.25) is 5.43 Å². The average Bonchev–Trinajstić information content (AvgIpc) is 2.16. The lowest BCUT2D eigenvalue weighted by Gasteiger charge is -2.04. The van der Waals surface area contributed by atoms with E-state index < -0.39 is 0 Å². The zero-order valence-corrected chi connectivity index (χ0v) is 9.91. The summed E-state index contributed by atoms with van der Waals surface area (Å²) in [5.74, 6) is 1.20. The van der Waals surface area contributed by atoms with Crippen LogP contribution in [0.5, 0.6) is 0 Å². The van der Waals surface area contributed by atoms with E-state index in [0.29, 0.717) is 16.9 Å². The van der Waals surface area contributed by atoms with E-state index in [0.717, 1.165) is 12.1 Å². The van der Waals surface area contributed by atoms with Gasteiger partial charge in [0.15, 0.2) is 11.0 Å². The van der Waals surface area contributed by atoms with Crippen molar-refractivity contribution in [2.45, 2.75) is 27.2 Å². The number of anilines is 1. The van der Waals surface area contributed by atoms with Crippen molar-refractivity contribution in [3.05, 3.63) is 17.3 Å². The van der Waals surface area contributed by atoms with E-state index in [1.165, 1.54) is 0 Å². The quantitative estimate of drug-likeness (QED) is 0.634. The highest BCUT2D eigenvalue weighted by Gasteiger charge is 1.98. The number of halogens is 1. The van der Waals surface area contributed by atoms with Gasteiger partial charge in [-0.15, -0.1) is 10.2 Å². The van der Waals surface area contributed by atoms with Gasteiger partial charge in [0.25, 0.3) is 0 Å². The van der Waals surface area contributed by atoms with Crippen molar-refractivity contribution in [1.82, 2.24) is 10.2 Å². The summed E-state index contributed by atoms with van der Waals surface area (Å²) >= 11 is 5.61. The lowest BCUT2D eigenvalue weighted by atomic mass is 10.1. The van der Waals surface area contributed by atoms with Crippen molar-refractivity contribution in [2.75, 3.05) is 5.43 Å². The number of nitrogens with one attached hydrogen (secondary N) is 1. The first-order valence-electron chi connectivity index (χ1n) is 4.86. The highest BCUT2D eigenvalue weighted by atomic mass is 35.5. The Bertz CT molecular complexity index is 332. The molecule has 0 saturated carbocycles. The molecule has 0 atom stereocenters. The maximum absolute atomic E-state index is 5.61. The highest BCUT2D eigenvalue weighted by Crippen LogP contribution is 2.07. The fourth-order valence-electron chi connectivity index (χ4n) is 1.16. The third-order valence-corrected chi connectivity index (χ3v) is 1.90. The molecule has 0 radical (unpaired) electrons. The van der Waals surface area contributed by atoms with Crippen molar-refractivity contribution in [2.24, 2.45) is 11.0 Å². The number of hydrogen-bond acceptors (Lipinski definition) is 4. The zero-order valence-electron chi connectivity index (χ0n) is 9.16. The fourth-order valence-corrected chi connectivity index (χ4v) is 1.27. The van der Waals surface area contributed by atoms with Gasteiger partial charge in [-0.2, -0.15) is 5.10 Å². The standard InChI is InChI=1S/C10H15ClN4/c1-7(2)6-8(3)12-14-10-5-4-9(11)13-15-10/h4-5,7H,6H2,1-3H3,(H,14,15)/b12-8+. The lowest BCUT2D eigenvalue weighted by molar-refractivity contribution is 0.681. The number of nitrogens with zero attached hydrogens (tertiary/aromatic N) is 3. The second kappa shape index (κ2) is 5.66. The molecule has 0 amide bonds. The first kappa shape index (κ1) is 11.9. The van der Waals surface area contributed by atoms with E-state index in [4.69, 9.17) is 11.6 Å². The topological polar surface area (TPSA) is 50.2 Å². The summed E-state index contributed by atoms with van der Waals surface area (Å²) in [6.45, 7) is 6.29. The van der Waals surface area contributed by atoms with Crippen LogP contribution in [0.25, 0.3) is 0 Å². The van der Waals surface area contributed by atoms with Crippen LogP contribution in [0.4, 0.5) is 5.82 Å². The Kier molecular flexibility index (Phi) is 4.49. The van der Waals surface area contributed by atoms with Crippen molar-refractivity contribution in [3.63, 3.8) is 0 Å². The number of hydrazone groups is 1. The van der Waals surface area contributed by atoms with E-state index in [1.807, 2.05) is 6.92 Å². The maximum atomic E-state index is 5.61. The minimum Gasteiger partial charge on any atom is -0.260 e. The molecule has 0 unspecified atom stereocenters.